The third-order valence-electron chi connectivity index (χ3n) is 5.15. The Bertz CT molecular complexity index is 1360. The lowest BCUT2D eigenvalue weighted by atomic mass is 10.2. The second-order valence-electron chi connectivity index (χ2n) is 7.25. The molecule has 2 aromatic carbocycles. The summed E-state index contributed by atoms with van der Waals surface area (Å²) in [5, 5.41) is 11.8. The van der Waals surface area contributed by atoms with Crippen LogP contribution in [0.15, 0.2) is 57.7 Å². The Morgan fingerprint density at radius 1 is 1.09 bits per heavy atom. The Labute approximate surface area is 204 Å². The van der Waals surface area contributed by atoms with Crippen molar-refractivity contribution in [2.45, 2.75) is 11.3 Å². The van der Waals surface area contributed by atoms with E-state index in [4.69, 9.17) is 9.47 Å². The lowest BCUT2D eigenvalue weighted by Gasteiger charge is -2.07. The number of ether oxygens (including phenoxy) is 2. The van der Waals surface area contributed by atoms with E-state index in [1.807, 2.05) is 42.5 Å². The summed E-state index contributed by atoms with van der Waals surface area (Å²) >= 11 is 2.62. The molecule has 11 heteroatoms. The van der Waals surface area contributed by atoms with Gasteiger partial charge in [0.25, 0.3) is 5.56 Å². The Kier molecular flexibility index (Phi) is 7.03. The van der Waals surface area contributed by atoms with Gasteiger partial charge < -0.3 is 14.8 Å². The van der Waals surface area contributed by atoms with Gasteiger partial charge >= 0.3 is 0 Å². The summed E-state index contributed by atoms with van der Waals surface area (Å²) in [6.45, 7) is 1.79. The lowest BCUT2D eigenvalue weighted by molar-refractivity contribution is -0.113. The highest BCUT2D eigenvalue weighted by Gasteiger charge is 2.19. The summed E-state index contributed by atoms with van der Waals surface area (Å²) in [4.78, 5) is 25.6. The summed E-state index contributed by atoms with van der Waals surface area (Å²) < 4.78 is 14.5. The second kappa shape index (κ2) is 10.1. The molecule has 0 fully saturated rings. The summed E-state index contributed by atoms with van der Waals surface area (Å²) in [6.07, 6.45) is 0. The zero-order valence-electron chi connectivity index (χ0n) is 19.1. The van der Waals surface area contributed by atoms with Crippen LogP contribution in [0.4, 0.5) is 5.69 Å². The molecule has 0 spiro atoms. The van der Waals surface area contributed by atoms with Crippen molar-refractivity contribution >= 4 is 34.7 Å². The Balaban J connectivity index is 1.45. The molecular weight excluding hydrogens is 474 g/mol. The number of carbonyl (C=O) groups is 1. The molecule has 0 aliphatic rings. The number of nitrogens with one attached hydrogen (secondary N) is 1. The van der Waals surface area contributed by atoms with Gasteiger partial charge in [0.2, 0.25) is 5.91 Å². The van der Waals surface area contributed by atoms with E-state index in [1.54, 1.807) is 38.9 Å². The minimum absolute atomic E-state index is 0.0924. The van der Waals surface area contributed by atoms with E-state index in [-0.39, 0.29) is 22.9 Å². The third kappa shape index (κ3) is 4.85. The molecule has 4 aromatic rings. The first-order valence-corrected chi connectivity index (χ1v) is 12.0. The predicted octanol–water partition coefficient (Wildman–Crippen LogP) is 3.75. The third-order valence-corrected chi connectivity index (χ3v) is 7.26. The van der Waals surface area contributed by atoms with Crippen LogP contribution in [0.5, 0.6) is 11.5 Å². The number of benzene rings is 2. The largest absolute Gasteiger partial charge is 0.497 e. The molecule has 0 atom stereocenters. The van der Waals surface area contributed by atoms with Crippen LogP contribution in [0.2, 0.25) is 0 Å². The van der Waals surface area contributed by atoms with Gasteiger partial charge in [-0.2, -0.15) is 0 Å². The van der Waals surface area contributed by atoms with Crippen LogP contribution >= 0.6 is 23.1 Å². The van der Waals surface area contributed by atoms with E-state index >= 15 is 0 Å². The molecule has 2 aromatic heterocycles. The molecule has 0 aliphatic carbocycles. The number of para-hydroxylation sites is 1. The van der Waals surface area contributed by atoms with Crippen LogP contribution in [0.1, 0.15) is 5.69 Å². The Hall–Kier alpha value is -3.57. The van der Waals surface area contributed by atoms with Crippen molar-refractivity contribution in [3.8, 4) is 27.8 Å². The van der Waals surface area contributed by atoms with Crippen molar-refractivity contribution in [1.82, 2.24) is 19.6 Å². The molecule has 2 heterocycles. The molecule has 9 nitrogen and oxygen atoms in total. The molecule has 0 radical (unpaired) electrons. The molecule has 0 saturated heterocycles. The van der Waals surface area contributed by atoms with Crippen molar-refractivity contribution in [2.75, 3.05) is 25.3 Å². The van der Waals surface area contributed by atoms with Gasteiger partial charge in [0, 0.05) is 18.7 Å². The smallest absolute Gasteiger partial charge is 0.295 e. The van der Waals surface area contributed by atoms with E-state index in [0.717, 1.165) is 11.3 Å². The molecule has 0 saturated carbocycles. The van der Waals surface area contributed by atoms with Crippen LogP contribution in [-0.4, -0.2) is 45.4 Å². The number of carbonyl (C=O) groups excluding carboxylic acids is 1. The molecule has 1 amide bonds. The van der Waals surface area contributed by atoms with Gasteiger partial charge in [0.05, 0.1) is 31.4 Å². The van der Waals surface area contributed by atoms with E-state index in [0.29, 0.717) is 26.5 Å². The van der Waals surface area contributed by atoms with Crippen LogP contribution in [-0.2, 0) is 11.8 Å². The molecule has 0 unspecified atom stereocenters. The number of aromatic nitrogens is 4. The fourth-order valence-electron chi connectivity index (χ4n) is 3.33. The zero-order valence-corrected chi connectivity index (χ0v) is 20.7. The van der Waals surface area contributed by atoms with Gasteiger partial charge in [-0.25, -0.2) is 4.68 Å². The summed E-state index contributed by atoms with van der Waals surface area (Å²) in [7, 11) is 4.95. The number of hydrogen-bond donors (Lipinski definition) is 1. The molecular formula is C23H23N5O4S2. The monoisotopic (exact) mass is 497 g/mol. The maximum absolute atomic E-state index is 13.0. The molecule has 1 N–H and O–H groups in total. The standard InChI is InChI=1S/C23H23N5O4S2/c1-14-20(22(30)28(27(14)2)16-8-6-5-7-9-16)24-19(29)13-33-23-26-25-21(34-23)15-10-17(31-3)12-18(11-15)32-4/h5-12H,13H2,1-4H3,(H,24,29). The average Bonchev–Trinajstić information content (AvgIpc) is 3.42. The minimum Gasteiger partial charge on any atom is -0.497 e. The number of rotatable bonds is 8. The Morgan fingerprint density at radius 3 is 2.41 bits per heavy atom. The van der Waals surface area contributed by atoms with Gasteiger partial charge in [0.1, 0.15) is 22.2 Å². The van der Waals surface area contributed by atoms with Crippen molar-refractivity contribution in [3.05, 3.63) is 64.6 Å². The van der Waals surface area contributed by atoms with Crippen molar-refractivity contribution < 1.29 is 14.3 Å². The van der Waals surface area contributed by atoms with E-state index < -0.39 is 0 Å². The first kappa shape index (κ1) is 23.6. The highest BCUT2D eigenvalue weighted by Crippen LogP contribution is 2.34. The maximum atomic E-state index is 13.0. The number of amides is 1. The number of nitrogens with zero attached hydrogens (tertiary/aromatic N) is 4. The van der Waals surface area contributed by atoms with Crippen molar-refractivity contribution in [2.24, 2.45) is 7.05 Å². The molecule has 0 aliphatic heterocycles. The lowest BCUT2D eigenvalue weighted by Crippen LogP contribution is -2.23. The summed E-state index contributed by atoms with van der Waals surface area (Å²) in [5.41, 5.74) is 2.18. The second-order valence-corrected chi connectivity index (χ2v) is 9.45. The number of anilines is 1. The molecule has 0 bridgehead atoms. The van der Waals surface area contributed by atoms with Gasteiger partial charge in [0.15, 0.2) is 4.34 Å². The van der Waals surface area contributed by atoms with Gasteiger partial charge in [-0.15, -0.1) is 10.2 Å². The quantitative estimate of drug-likeness (QED) is 0.370. The number of methoxy groups -OCH3 is 2. The first-order chi connectivity index (χ1) is 16.4. The topological polar surface area (TPSA) is 100 Å². The SMILES string of the molecule is COc1cc(OC)cc(-c2nnc(SCC(=O)Nc3c(C)n(C)n(-c4ccccc4)c3=O)s2)c1. The Morgan fingerprint density at radius 2 is 1.76 bits per heavy atom. The fourth-order valence-corrected chi connectivity index (χ4v) is 4.97. The molecule has 4 rings (SSSR count). The van der Waals surface area contributed by atoms with Gasteiger partial charge in [-0.05, 0) is 31.2 Å². The number of thioether (sulfide) groups is 1. The van der Waals surface area contributed by atoms with Crippen LogP contribution in [0.25, 0.3) is 16.3 Å². The number of hydrogen-bond acceptors (Lipinski definition) is 8. The van der Waals surface area contributed by atoms with Crippen LogP contribution < -0.4 is 20.3 Å². The fraction of sp³-hybridized carbons (Fsp3) is 0.217. The normalized spacial score (nSPS) is 10.8. The van der Waals surface area contributed by atoms with Crippen molar-refractivity contribution in [3.63, 3.8) is 0 Å². The first-order valence-electron chi connectivity index (χ1n) is 10.2. The minimum atomic E-state index is -0.296. The predicted molar refractivity (Wildman–Crippen MR) is 134 cm³/mol. The zero-order chi connectivity index (χ0) is 24.2. The van der Waals surface area contributed by atoms with E-state index in [9.17, 15) is 9.59 Å². The highest BCUT2D eigenvalue weighted by atomic mass is 32.2. The average molecular weight is 498 g/mol. The summed E-state index contributed by atoms with van der Waals surface area (Å²) in [6, 6.07) is 14.8. The maximum Gasteiger partial charge on any atom is 0.295 e. The summed E-state index contributed by atoms with van der Waals surface area (Å²) in [5.74, 6) is 1.10. The van der Waals surface area contributed by atoms with Gasteiger partial charge in [-0.3, -0.25) is 14.3 Å². The van der Waals surface area contributed by atoms with E-state index in [2.05, 4.69) is 15.5 Å². The van der Waals surface area contributed by atoms with Crippen molar-refractivity contribution in [1.29, 1.82) is 0 Å². The van der Waals surface area contributed by atoms with Crippen LogP contribution in [0.3, 0.4) is 0 Å². The molecule has 176 valence electrons. The molecule has 34 heavy (non-hydrogen) atoms. The van der Waals surface area contributed by atoms with E-state index in [1.165, 1.54) is 27.8 Å². The highest BCUT2D eigenvalue weighted by molar-refractivity contribution is 8.01. The van der Waals surface area contributed by atoms with Gasteiger partial charge in [-0.1, -0.05) is 41.3 Å². The van der Waals surface area contributed by atoms with Crippen LogP contribution in [0, 0.1) is 6.92 Å².